The molecule has 0 aliphatic carbocycles. The molecule has 0 aliphatic heterocycles. The average Bonchev–Trinajstić information content (AvgIpc) is 3.05. The van der Waals surface area contributed by atoms with Crippen molar-refractivity contribution in [2.45, 2.75) is 25.8 Å². The van der Waals surface area contributed by atoms with Crippen LogP contribution in [0.3, 0.4) is 0 Å². The topological polar surface area (TPSA) is 12.0 Å². The molecule has 0 aliphatic rings. The molecule has 108 valence electrons. The van der Waals surface area contributed by atoms with E-state index in [1.807, 2.05) is 11.3 Å². The van der Waals surface area contributed by atoms with Gasteiger partial charge in [0, 0.05) is 10.9 Å². The Labute approximate surface area is 130 Å². The van der Waals surface area contributed by atoms with E-state index in [4.69, 9.17) is 0 Å². The molecule has 0 saturated heterocycles. The van der Waals surface area contributed by atoms with Crippen molar-refractivity contribution in [3.05, 3.63) is 70.4 Å². The summed E-state index contributed by atoms with van der Waals surface area (Å²) in [7, 11) is 0. The molecule has 1 N–H and O–H groups in total. The maximum Gasteiger partial charge on any atom is 0.0455 e. The summed E-state index contributed by atoms with van der Waals surface area (Å²) >= 11 is 1.84. The van der Waals surface area contributed by atoms with Gasteiger partial charge in [-0.3, -0.25) is 0 Å². The summed E-state index contributed by atoms with van der Waals surface area (Å²) in [6.45, 7) is 3.28. The number of benzene rings is 2. The van der Waals surface area contributed by atoms with Gasteiger partial charge in [-0.25, -0.2) is 0 Å². The molecule has 0 saturated carbocycles. The molecule has 1 nitrogen and oxygen atoms in total. The first-order chi connectivity index (χ1) is 10.4. The van der Waals surface area contributed by atoms with Gasteiger partial charge in [-0.05, 0) is 47.2 Å². The van der Waals surface area contributed by atoms with Crippen LogP contribution in [0.4, 0.5) is 0 Å². The van der Waals surface area contributed by atoms with Crippen LogP contribution >= 0.6 is 11.3 Å². The molecule has 0 bridgehead atoms. The molecule has 1 atom stereocenters. The van der Waals surface area contributed by atoms with Gasteiger partial charge in [0.15, 0.2) is 0 Å². The molecule has 2 heteroatoms. The highest BCUT2D eigenvalue weighted by atomic mass is 32.1. The summed E-state index contributed by atoms with van der Waals surface area (Å²) < 4.78 is 0. The van der Waals surface area contributed by atoms with E-state index in [1.165, 1.54) is 27.6 Å². The van der Waals surface area contributed by atoms with Gasteiger partial charge in [0.05, 0.1) is 0 Å². The molecule has 0 radical (unpaired) electrons. The number of hydrogen-bond acceptors (Lipinski definition) is 2. The lowest BCUT2D eigenvalue weighted by Gasteiger charge is -2.17. The molecule has 0 spiro atoms. The molecule has 2 aromatic carbocycles. The van der Waals surface area contributed by atoms with Gasteiger partial charge < -0.3 is 5.32 Å². The zero-order valence-electron chi connectivity index (χ0n) is 12.4. The first-order valence-corrected chi connectivity index (χ1v) is 8.49. The maximum atomic E-state index is 3.68. The third kappa shape index (κ3) is 3.52. The highest BCUT2D eigenvalue weighted by Crippen LogP contribution is 2.25. The molecule has 1 unspecified atom stereocenters. The molecule has 0 fully saturated rings. The Hall–Kier alpha value is -1.64. The van der Waals surface area contributed by atoms with Gasteiger partial charge in [0.2, 0.25) is 0 Å². The van der Waals surface area contributed by atoms with Gasteiger partial charge in [-0.1, -0.05) is 55.5 Å². The van der Waals surface area contributed by atoms with Crippen molar-refractivity contribution in [3.8, 4) is 0 Å². The van der Waals surface area contributed by atoms with Crippen molar-refractivity contribution >= 4 is 22.1 Å². The fraction of sp³-hybridized carbons (Fsp3) is 0.263. The number of nitrogens with one attached hydrogen (secondary N) is 1. The van der Waals surface area contributed by atoms with Crippen LogP contribution in [0.5, 0.6) is 0 Å². The molecule has 1 heterocycles. The number of rotatable bonds is 6. The minimum Gasteiger partial charge on any atom is -0.309 e. The van der Waals surface area contributed by atoms with Crippen molar-refractivity contribution < 1.29 is 0 Å². The normalized spacial score (nSPS) is 12.6. The van der Waals surface area contributed by atoms with Crippen LogP contribution in [-0.4, -0.2) is 6.54 Å². The maximum absolute atomic E-state index is 3.68. The predicted molar refractivity (Wildman–Crippen MR) is 93.0 cm³/mol. The summed E-state index contributed by atoms with van der Waals surface area (Å²) in [5.74, 6) is 0. The van der Waals surface area contributed by atoms with Crippen LogP contribution < -0.4 is 5.32 Å². The smallest absolute Gasteiger partial charge is 0.0455 e. The van der Waals surface area contributed by atoms with Crippen molar-refractivity contribution in [1.82, 2.24) is 5.32 Å². The van der Waals surface area contributed by atoms with E-state index < -0.39 is 0 Å². The van der Waals surface area contributed by atoms with Crippen molar-refractivity contribution in [2.75, 3.05) is 6.54 Å². The molecule has 21 heavy (non-hydrogen) atoms. The first-order valence-electron chi connectivity index (χ1n) is 7.61. The summed E-state index contributed by atoms with van der Waals surface area (Å²) in [5.41, 5.74) is 1.40. The molecular weight excluding hydrogens is 274 g/mol. The first kappa shape index (κ1) is 14.3. The molecule has 3 aromatic rings. The lowest BCUT2D eigenvalue weighted by Crippen LogP contribution is -2.23. The fourth-order valence-electron chi connectivity index (χ4n) is 2.68. The lowest BCUT2D eigenvalue weighted by molar-refractivity contribution is 0.537. The van der Waals surface area contributed by atoms with Crippen LogP contribution in [0.2, 0.25) is 0 Å². The minimum atomic E-state index is 0.422. The van der Waals surface area contributed by atoms with Gasteiger partial charge in [0.1, 0.15) is 0 Å². The minimum absolute atomic E-state index is 0.422. The highest BCUT2D eigenvalue weighted by molar-refractivity contribution is 7.10. The monoisotopic (exact) mass is 295 g/mol. The summed E-state index contributed by atoms with van der Waals surface area (Å²) in [5, 5.41) is 8.49. The number of fused-ring (bicyclic) bond motifs is 1. The Morgan fingerprint density at radius 3 is 2.62 bits per heavy atom. The number of thiophene rings is 1. The lowest BCUT2D eigenvalue weighted by atomic mass is 10.0. The van der Waals surface area contributed by atoms with Gasteiger partial charge >= 0.3 is 0 Å². The van der Waals surface area contributed by atoms with E-state index in [1.54, 1.807) is 0 Å². The van der Waals surface area contributed by atoms with Crippen LogP contribution in [-0.2, 0) is 6.42 Å². The second kappa shape index (κ2) is 6.88. The average molecular weight is 295 g/mol. The molecule has 0 amide bonds. The van der Waals surface area contributed by atoms with Crippen LogP contribution in [0.1, 0.15) is 29.8 Å². The summed E-state index contributed by atoms with van der Waals surface area (Å²) in [6.07, 6.45) is 2.21. The van der Waals surface area contributed by atoms with E-state index >= 15 is 0 Å². The summed E-state index contributed by atoms with van der Waals surface area (Å²) in [4.78, 5) is 1.43. The highest BCUT2D eigenvalue weighted by Gasteiger charge is 2.12. The second-order valence-electron chi connectivity index (χ2n) is 5.41. The van der Waals surface area contributed by atoms with Gasteiger partial charge in [0.25, 0.3) is 0 Å². The second-order valence-corrected chi connectivity index (χ2v) is 6.39. The molecule has 3 rings (SSSR count). The molecular formula is C19H21NS. The zero-order valence-corrected chi connectivity index (χ0v) is 13.2. The third-order valence-electron chi connectivity index (χ3n) is 3.78. The van der Waals surface area contributed by atoms with Crippen LogP contribution in [0.15, 0.2) is 60.0 Å². The van der Waals surface area contributed by atoms with Crippen molar-refractivity contribution in [3.63, 3.8) is 0 Å². The predicted octanol–water partition coefficient (Wildman–Crippen LogP) is 5.18. The Bertz CT molecular complexity index is 688. The van der Waals surface area contributed by atoms with E-state index in [-0.39, 0.29) is 0 Å². The number of hydrogen-bond donors (Lipinski definition) is 1. The van der Waals surface area contributed by atoms with Gasteiger partial charge in [-0.15, -0.1) is 11.3 Å². The van der Waals surface area contributed by atoms with E-state index in [0.29, 0.717) is 6.04 Å². The Morgan fingerprint density at radius 2 is 1.86 bits per heavy atom. The van der Waals surface area contributed by atoms with Crippen LogP contribution in [0.25, 0.3) is 10.8 Å². The van der Waals surface area contributed by atoms with E-state index in [0.717, 1.165) is 13.0 Å². The standard InChI is InChI=1S/C19H21NS/c1-2-11-20-18(19-8-5-12-21-19)14-15-9-10-16-6-3-4-7-17(16)13-15/h3-10,12-13,18,20H,2,11,14H2,1H3. The van der Waals surface area contributed by atoms with E-state index in [9.17, 15) is 0 Å². The zero-order chi connectivity index (χ0) is 14.5. The van der Waals surface area contributed by atoms with Crippen molar-refractivity contribution in [2.24, 2.45) is 0 Å². The molecule has 1 aromatic heterocycles. The summed E-state index contributed by atoms with van der Waals surface area (Å²) in [6, 6.07) is 20.2. The van der Waals surface area contributed by atoms with E-state index in [2.05, 4.69) is 72.2 Å². The Morgan fingerprint density at radius 1 is 1.00 bits per heavy atom. The van der Waals surface area contributed by atoms with Crippen LogP contribution in [0, 0.1) is 0 Å². The SMILES string of the molecule is CCCNC(Cc1ccc2ccccc2c1)c1cccs1. The Balaban J connectivity index is 1.83. The largest absolute Gasteiger partial charge is 0.309 e. The quantitative estimate of drug-likeness (QED) is 0.660. The van der Waals surface area contributed by atoms with Crippen molar-refractivity contribution in [1.29, 1.82) is 0 Å². The Kier molecular flexibility index (Phi) is 4.69. The van der Waals surface area contributed by atoms with Gasteiger partial charge in [-0.2, -0.15) is 0 Å². The third-order valence-corrected chi connectivity index (χ3v) is 4.77. The fourth-order valence-corrected chi connectivity index (χ4v) is 3.49.